The summed E-state index contributed by atoms with van der Waals surface area (Å²) >= 11 is 0. The predicted octanol–water partition coefficient (Wildman–Crippen LogP) is 3.40. The van der Waals surface area contributed by atoms with E-state index in [9.17, 15) is 0 Å². The number of rotatable bonds is 4. The summed E-state index contributed by atoms with van der Waals surface area (Å²) in [7, 11) is 4.17. The lowest BCUT2D eigenvalue weighted by atomic mass is 10.1. The molecule has 8 heteroatoms. The van der Waals surface area contributed by atoms with Gasteiger partial charge >= 0.3 is 0 Å². The molecule has 1 fully saturated rings. The fourth-order valence-electron chi connectivity index (χ4n) is 5.10. The van der Waals surface area contributed by atoms with Crippen LogP contribution in [0.3, 0.4) is 0 Å². The van der Waals surface area contributed by atoms with Crippen molar-refractivity contribution in [2.24, 2.45) is 0 Å². The molecule has 0 N–H and O–H groups in total. The zero-order chi connectivity index (χ0) is 23.9. The average Bonchev–Trinajstić information content (AvgIpc) is 3.49. The smallest absolute Gasteiger partial charge is 0.185 e. The summed E-state index contributed by atoms with van der Waals surface area (Å²) in [4.78, 5) is 4.60. The third-order valence-electron chi connectivity index (χ3n) is 6.76. The molecule has 4 aromatic rings. The Morgan fingerprint density at radius 1 is 1.11 bits per heavy atom. The fraction of sp³-hybridized carbons (Fsp3) is 0.296. The van der Waals surface area contributed by atoms with Crippen molar-refractivity contribution in [1.29, 1.82) is 5.26 Å². The van der Waals surface area contributed by atoms with Crippen LogP contribution in [-0.4, -0.2) is 70.7 Å². The molecule has 8 nitrogen and oxygen atoms in total. The van der Waals surface area contributed by atoms with Gasteiger partial charge in [-0.05, 0) is 61.6 Å². The SMILES string of the molecule is CN(C)C[C@@H]1CN(c2ccc3c(c2)Cn2cc(-c4ccc(C#N)cc4)cc2-c2nncn2-3)CCO1. The second-order valence-electron chi connectivity index (χ2n) is 9.47. The Balaban J connectivity index is 1.36. The quantitative estimate of drug-likeness (QED) is 0.405. The number of aromatic nitrogens is 4. The lowest BCUT2D eigenvalue weighted by molar-refractivity contribution is 0.0248. The van der Waals surface area contributed by atoms with Crippen LogP contribution in [0.15, 0.2) is 61.1 Å². The molecule has 2 aliphatic rings. The van der Waals surface area contributed by atoms with Crippen LogP contribution in [0, 0.1) is 11.3 Å². The molecule has 1 atom stereocenters. The maximum absolute atomic E-state index is 9.13. The van der Waals surface area contributed by atoms with Crippen molar-refractivity contribution in [3.8, 4) is 34.4 Å². The van der Waals surface area contributed by atoms with Gasteiger partial charge in [-0.1, -0.05) is 12.1 Å². The van der Waals surface area contributed by atoms with Crippen LogP contribution in [-0.2, 0) is 11.3 Å². The number of nitrogens with zero attached hydrogens (tertiary/aromatic N) is 7. The van der Waals surface area contributed by atoms with Crippen LogP contribution in [0.2, 0.25) is 0 Å². The molecule has 0 saturated carbocycles. The number of morpholine rings is 1. The lowest BCUT2D eigenvalue weighted by Crippen LogP contribution is -2.46. The Bertz CT molecular complexity index is 1410. The predicted molar refractivity (Wildman–Crippen MR) is 135 cm³/mol. The first-order valence-corrected chi connectivity index (χ1v) is 11.8. The number of benzene rings is 2. The number of nitriles is 1. The number of likely N-dealkylation sites (N-methyl/N-ethyl adjacent to an activating group) is 1. The summed E-state index contributed by atoms with van der Waals surface area (Å²) in [6.07, 6.45) is 4.16. The molecule has 0 radical (unpaired) electrons. The third kappa shape index (κ3) is 3.99. The van der Waals surface area contributed by atoms with Crippen molar-refractivity contribution >= 4 is 5.69 Å². The molecule has 4 heterocycles. The van der Waals surface area contributed by atoms with Gasteiger partial charge in [0.15, 0.2) is 5.82 Å². The van der Waals surface area contributed by atoms with Gasteiger partial charge in [-0.2, -0.15) is 5.26 Å². The molecule has 0 unspecified atom stereocenters. The van der Waals surface area contributed by atoms with E-state index in [2.05, 4.69) is 79.8 Å². The van der Waals surface area contributed by atoms with Gasteiger partial charge in [-0.15, -0.1) is 10.2 Å². The molecule has 0 aliphatic carbocycles. The van der Waals surface area contributed by atoms with Gasteiger partial charge < -0.3 is 19.1 Å². The Hall–Kier alpha value is -3.93. The molecule has 2 aromatic heterocycles. The summed E-state index contributed by atoms with van der Waals surface area (Å²) < 4.78 is 10.3. The molecular formula is C27H27N7O. The molecule has 6 rings (SSSR count). The van der Waals surface area contributed by atoms with E-state index in [0.29, 0.717) is 5.56 Å². The van der Waals surface area contributed by atoms with E-state index in [4.69, 9.17) is 10.00 Å². The molecule has 0 amide bonds. The van der Waals surface area contributed by atoms with Gasteiger partial charge in [0.05, 0.1) is 35.7 Å². The molecule has 2 aromatic carbocycles. The average molecular weight is 466 g/mol. The van der Waals surface area contributed by atoms with Crippen molar-refractivity contribution in [2.75, 3.05) is 45.2 Å². The van der Waals surface area contributed by atoms with Crippen LogP contribution in [0.4, 0.5) is 5.69 Å². The summed E-state index contributed by atoms with van der Waals surface area (Å²) in [6, 6.07) is 18.7. The van der Waals surface area contributed by atoms with Gasteiger partial charge in [-0.3, -0.25) is 4.57 Å². The van der Waals surface area contributed by atoms with E-state index in [-0.39, 0.29) is 6.10 Å². The van der Waals surface area contributed by atoms with Gasteiger partial charge in [-0.25, -0.2) is 0 Å². The molecule has 0 bridgehead atoms. The van der Waals surface area contributed by atoms with E-state index >= 15 is 0 Å². The van der Waals surface area contributed by atoms with E-state index in [1.165, 1.54) is 11.3 Å². The Morgan fingerprint density at radius 3 is 2.77 bits per heavy atom. The molecule has 1 saturated heterocycles. The highest BCUT2D eigenvalue weighted by Gasteiger charge is 2.25. The van der Waals surface area contributed by atoms with E-state index in [0.717, 1.165) is 61.1 Å². The minimum atomic E-state index is 0.202. The number of ether oxygens (including phenoxy) is 1. The van der Waals surface area contributed by atoms with E-state index in [1.807, 2.05) is 24.3 Å². The fourth-order valence-corrected chi connectivity index (χ4v) is 5.10. The lowest BCUT2D eigenvalue weighted by Gasteiger charge is -2.36. The highest BCUT2D eigenvalue weighted by Crippen LogP contribution is 2.35. The topological polar surface area (TPSA) is 75.1 Å². The monoisotopic (exact) mass is 465 g/mol. The van der Waals surface area contributed by atoms with Crippen LogP contribution in [0.5, 0.6) is 0 Å². The first-order chi connectivity index (χ1) is 17.1. The number of hydrogen-bond donors (Lipinski definition) is 0. The van der Waals surface area contributed by atoms with Crippen molar-refractivity contribution in [3.63, 3.8) is 0 Å². The summed E-state index contributed by atoms with van der Waals surface area (Å²) in [5, 5.41) is 17.8. The van der Waals surface area contributed by atoms with Crippen molar-refractivity contribution in [1.82, 2.24) is 24.2 Å². The first kappa shape index (κ1) is 21.6. The minimum Gasteiger partial charge on any atom is -0.373 e. The maximum Gasteiger partial charge on any atom is 0.185 e. The van der Waals surface area contributed by atoms with Crippen LogP contribution < -0.4 is 4.90 Å². The zero-order valence-electron chi connectivity index (χ0n) is 19.9. The Morgan fingerprint density at radius 2 is 1.97 bits per heavy atom. The zero-order valence-corrected chi connectivity index (χ0v) is 19.9. The number of anilines is 1. The maximum atomic E-state index is 9.13. The van der Waals surface area contributed by atoms with Gasteiger partial charge in [0, 0.05) is 43.6 Å². The van der Waals surface area contributed by atoms with Crippen LogP contribution in [0.25, 0.3) is 28.3 Å². The van der Waals surface area contributed by atoms with Crippen LogP contribution in [0.1, 0.15) is 11.1 Å². The number of hydrogen-bond acceptors (Lipinski definition) is 6. The van der Waals surface area contributed by atoms with E-state index in [1.54, 1.807) is 6.33 Å². The molecule has 0 spiro atoms. The second-order valence-corrected chi connectivity index (χ2v) is 9.47. The summed E-state index contributed by atoms with van der Waals surface area (Å²) in [5.41, 5.74) is 7.40. The van der Waals surface area contributed by atoms with Gasteiger partial charge in [0.25, 0.3) is 0 Å². The molecule has 176 valence electrons. The minimum absolute atomic E-state index is 0.202. The van der Waals surface area contributed by atoms with Gasteiger partial charge in [0.2, 0.25) is 0 Å². The standard InChI is InChI=1S/C27H27N7O/c1-31(2)16-24-17-32(9-10-35-24)23-7-8-25-22(11-23)15-33-14-21(20-5-3-19(13-28)4-6-20)12-26(33)27-30-29-18-34(25)27/h3-8,11-12,14,18,24H,9-10,15-17H2,1-2H3/t24-/m1/s1. The number of fused-ring (bicyclic) bond motifs is 5. The van der Waals surface area contributed by atoms with Crippen molar-refractivity contribution in [2.45, 2.75) is 12.6 Å². The first-order valence-electron chi connectivity index (χ1n) is 11.8. The molecular weight excluding hydrogens is 438 g/mol. The molecule has 35 heavy (non-hydrogen) atoms. The summed E-state index contributed by atoms with van der Waals surface area (Å²) in [5.74, 6) is 0.828. The highest BCUT2D eigenvalue weighted by molar-refractivity contribution is 5.72. The Kier molecular flexibility index (Phi) is 5.36. The molecule has 2 aliphatic heterocycles. The van der Waals surface area contributed by atoms with E-state index < -0.39 is 0 Å². The summed E-state index contributed by atoms with van der Waals surface area (Å²) in [6.45, 7) is 4.16. The van der Waals surface area contributed by atoms with Crippen molar-refractivity contribution < 1.29 is 4.74 Å². The third-order valence-corrected chi connectivity index (χ3v) is 6.76. The van der Waals surface area contributed by atoms with Crippen molar-refractivity contribution in [3.05, 3.63) is 72.2 Å². The van der Waals surface area contributed by atoms with Crippen LogP contribution >= 0.6 is 0 Å². The van der Waals surface area contributed by atoms with Gasteiger partial charge in [0.1, 0.15) is 6.33 Å². The largest absolute Gasteiger partial charge is 0.373 e. The highest BCUT2D eigenvalue weighted by atomic mass is 16.5. The second kappa shape index (κ2) is 8.69. The Labute approximate surface area is 204 Å². The normalized spacial score (nSPS) is 16.9.